The van der Waals surface area contributed by atoms with E-state index in [9.17, 15) is 8.78 Å². The van der Waals surface area contributed by atoms with Gasteiger partial charge in [0.25, 0.3) is 5.92 Å². The predicted molar refractivity (Wildman–Crippen MR) is 76.3 cm³/mol. The maximum Gasteiger partial charge on any atom is 0.265 e. The molecule has 0 aromatic heterocycles. The summed E-state index contributed by atoms with van der Waals surface area (Å²) in [5, 5.41) is 0. The predicted octanol–water partition coefficient (Wildman–Crippen LogP) is 2.61. The van der Waals surface area contributed by atoms with Crippen LogP contribution in [0.3, 0.4) is 0 Å². The second-order valence-corrected chi connectivity index (χ2v) is 6.26. The molecule has 1 aliphatic heterocycles. The van der Waals surface area contributed by atoms with Crippen molar-refractivity contribution in [2.45, 2.75) is 64.1 Å². The molecule has 3 nitrogen and oxygen atoms in total. The minimum atomic E-state index is -2.61. The van der Waals surface area contributed by atoms with E-state index in [4.69, 9.17) is 4.74 Å². The van der Waals surface area contributed by atoms with Crippen LogP contribution in [0.15, 0.2) is 0 Å². The van der Waals surface area contributed by atoms with Gasteiger partial charge in [-0.05, 0) is 33.6 Å². The molecule has 118 valence electrons. The van der Waals surface area contributed by atoms with Crippen molar-refractivity contribution in [1.82, 2.24) is 9.80 Å². The molecule has 5 heteroatoms. The van der Waals surface area contributed by atoms with E-state index in [0.717, 1.165) is 32.6 Å². The third kappa shape index (κ3) is 3.49. The van der Waals surface area contributed by atoms with Crippen molar-refractivity contribution in [1.29, 1.82) is 0 Å². The summed E-state index contributed by atoms with van der Waals surface area (Å²) in [6.45, 7) is 9.93. The van der Waals surface area contributed by atoms with Crippen molar-refractivity contribution < 1.29 is 13.5 Å². The van der Waals surface area contributed by atoms with Crippen molar-refractivity contribution in [2.75, 3.05) is 32.8 Å². The first kappa shape index (κ1) is 16.1. The lowest BCUT2D eigenvalue weighted by atomic mass is 9.87. The van der Waals surface area contributed by atoms with Crippen LogP contribution in [-0.4, -0.2) is 66.7 Å². The van der Waals surface area contributed by atoms with E-state index in [2.05, 4.69) is 18.7 Å². The molecule has 20 heavy (non-hydrogen) atoms. The van der Waals surface area contributed by atoms with Gasteiger partial charge in [-0.2, -0.15) is 0 Å². The maximum atomic E-state index is 14.3. The molecule has 2 rings (SSSR count). The standard InChI is InChI=1S/C15H28F2N2O/c1-4-20-13-6-5-7-15(16,17)14(13)19-10-8-18(9-11-19)12(2)3/h12-14H,4-11H2,1-3H3/t13-,14+/m1/s1. The highest BCUT2D eigenvalue weighted by Crippen LogP contribution is 2.38. The van der Waals surface area contributed by atoms with Crippen LogP contribution in [0.25, 0.3) is 0 Å². The zero-order chi connectivity index (χ0) is 14.8. The molecule has 1 aliphatic carbocycles. The fourth-order valence-corrected chi connectivity index (χ4v) is 3.54. The lowest BCUT2D eigenvalue weighted by Crippen LogP contribution is -2.62. The van der Waals surface area contributed by atoms with Crippen molar-refractivity contribution in [3.05, 3.63) is 0 Å². The molecule has 0 radical (unpaired) electrons. The van der Waals surface area contributed by atoms with Crippen molar-refractivity contribution in [3.8, 4) is 0 Å². The molecule has 0 bridgehead atoms. The molecule has 1 heterocycles. The van der Waals surface area contributed by atoms with E-state index in [1.54, 1.807) is 0 Å². The van der Waals surface area contributed by atoms with Crippen LogP contribution in [0, 0.1) is 0 Å². The van der Waals surface area contributed by atoms with Gasteiger partial charge >= 0.3 is 0 Å². The Labute approximate surface area is 121 Å². The highest BCUT2D eigenvalue weighted by molar-refractivity contribution is 4.97. The smallest absolute Gasteiger partial charge is 0.265 e. The molecule has 2 atom stereocenters. The van der Waals surface area contributed by atoms with E-state index in [-0.39, 0.29) is 12.5 Å². The highest BCUT2D eigenvalue weighted by Gasteiger charge is 2.50. The number of halogens is 2. The zero-order valence-electron chi connectivity index (χ0n) is 12.9. The molecule has 2 aliphatic rings. The van der Waals surface area contributed by atoms with E-state index < -0.39 is 12.0 Å². The molecule has 0 aromatic rings. The van der Waals surface area contributed by atoms with Gasteiger partial charge in [0.05, 0.1) is 6.10 Å². The van der Waals surface area contributed by atoms with Crippen molar-refractivity contribution >= 4 is 0 Å². The zero-order valence-corrected chi connectivity index (χ0v) is 12.9. The van der Waals surface area contributed by atoms with Crippen LogP contribution in [0.4, 0.5) is 8.78 Å². The number of ether oxygens (including phenoxy) is 1. The highest BCUT2D eigenvalue weighted by atomic mass is 19.3. The van der Waals surface area contributed by atoms with Gasteiger partial charge in [0.2, 0.25) is 0 Å². The van der Waals surface area contributed by atoms with Crippen LogP contribution < -0.4 is 0 Å². The summed E-state index contributed by atoms with van der Waals surface area (Å²) in [6.07, 6.45) is 1.03. The Hall–Kier alpha value is -0.260. The van der Waals surface area contributed by atoms with E-state index in [0.29, 0.717) is 19.1 Å². The number of hydrogen-bond donors (Lipinski definition) is 0. The third-order valence-corrected chi connectivity index (χ3v) is 4.64. The van der Waals surface area contributed by atoms with Gasteiger partial charge in [0.15, 0.2) is 0 Å². The summed E-state index contributed by atoms with van der Waals surface area (Å²) in [5.74, 6) is -2.61. The lowest BCUT2D eigenvalue weighted by Gasteiger charge is -2.47. The molecular formula is C15H28F2N2O. The molecule has 2 fully saturated rings. The fraction of sp³-hybridized carbons (Fsp3) is 1.00. The summed E-state index contributed by atoms with van der Waals surface area (Å²) in [4.78, 5) is 4.32. The van der Waals surface area contributed by atoms with Crippen LogP contribution in [-0.2, 0) is 4.74 Å². The first-order valence-corrected chi connectivity index (χ1v) is 7.93. The third-order valence-electron chi connectivity index (χ3n) is 4.64. The SMILES string of the molecule is CCO[C@@H]1CCCC(F)(F)[C@H]1N1CCN(C(C)C)CC1. The average Bonchev–Trinajstić information content (AvgIpc) is 2.38. The monoisotopic (exact) mass is 290 g/mol. The normalized spacial score (nSPS) is 32.7. The fourth-order valence-electron chi connectivity index (χ4n) is 3.54. The van der Waals surface area contributed by atoms with Crippen molar-refractivity contribution in [2.24, 2.45) is 0 Å². The first-order valence-electron chi connectivity index (χ1n) is 7.93. The Kier molecular flexibility index (Phi) is 5.37. The Bertz CT molecular complexity index is 302. The second-order valence-electron chi connectivity index (χ2n) is 6.26. The summed E-state index contributed by atoms with van der Waals surface area (Å²) in [6, 6.07) is -0.239. The number of nitrogens with zero attached hydrogens (tertiary/aromatic N) is 2. The van der Waals surface area contributed by atoms with Gasteiger partial charge in [0.1, 0.15) is 6.04 Å². The summed E-state index contributed by atoms with van der Waals surface area (Å²) >= 11 is 0. The van der Waals surface area contributed by atoms with Gasteiger partial charge in [-0.15, -0.1) is 0 Å². The van der Waals surface area contributed by atoms with Gasteiger partial charge in [-0.1, -0.05) is 0 Å². The second kappa shape index (κ2) is 6.67. The largest absolute Gasteiger partial charge is 0.377 e. The van der Waals surface area contributed by atoms with E-state index in [1.807, 2.05) is 11.8 Å². The molecule has 1 saturated carbocycles. The molecule has 0 N–H and O–H groups in total. The van der Waals surface area contributed by atoms with Gasteiger partial charge in [0, 0.05) is 45.2 Å². The number of piperazine rings is 1. The number of hydrogen-bond acceptors (Lipinski definition) is 3. The van der Waals surface area contributed by atoms with Crippen molar-refractivity contribution in [3.63, 3.8) is 0 Å². The number of rotatable bonds is 4. The number of alkyl halides is 2. The van der Waals surface area contributed by atoms with Crippen LogP contribution >= 0.6 is 0 Å². The summed E-state index contributed by atoms with van der Waals surface area (Å²) in [7, 11) is 0. The maximum absolute atomic E-state index is 14.3. The van der Waals surface area contributed by atoms with Crippen LogP contribution in [0.2, 0.25) is 0 Å². The van der Waals surface area contributed by atoms with Crippen LogP contribution in [0.1, 0.15) is 40.0 Å². The van der Waals surface area contributed by atoms with E-state index in [1.165, 1.54) is 0 Å². The molecular weight excluding hydrogens is 262 g/mol. The quantitative estimate of drug-likeness (QED) is 0.791. The summed E-state index contributed by atoms with van der Waals surface area (Å²) < 4.78 is 34.3. The topological polar surface area (TPSA) is 15.7 Å². The molecule has 0 spiro atoms. The first-order chi connectivity index (χ1) is 9.45. The van der Waals surface area contributed by atoms with Gasteiger partial charge < -0.3 is 4.74 Å². The van der Waals surface area contributed by atoms with Gasteiger partial charge in [-0.25, -0.2) is 8.78 Å². The Morgan fingerprint density at radius 3 is 2.40 bits per heavy atom. The average molecular weight is 290 g/mol. The van der Waals surface area contributed by atoms with E-state index >= 15 is 0 Å². The Balaban J connectivity index is 2.03. The minimum absolute atomic E-state index is 0.00559. The van der Waals surface area contributed by atoms with Crippen LogP contribution in [0.5, 0.6) is 0 Å². The Morgan fingerprint density at radius 2 is 1.85 bits per heavy atom. The lowest BCUT2D eigenvalue weighted by molar-refractivity contribution is -0.169. The molecule has 0 aromatic carbocycles. The van der Waals surface area contributed by atoms with Gasteiger partial charge in [-0.3, -0.25) is 9.80 Å². The minimum Gasteiger partial charge on any atom is -0.377 e. The molecule has 1 saturated heterocycles. The molecule has 0 unspecified atom stereocenters. The Morgan fingerprint density at radius 1 is 1.20 bits per heavy atom. The molecule has 0 amide bonds. The summed E-state index contributed by atoms with van der Waals surface area (Å²) in [5.41, 5.74) is 0.